The van der Waals surface area contributed by atoms with Crippen LogP contribution in [0.15, 0.2) is 60.7 Å². The van der Waals surface area contributed by atoms with E-state index in [0.29, 0.717) is 6.61 Å². The van der Waals surface area contributed by atoms with Gasteiger partial charge in [0.2, 0.25) is 0 Å². The van der Waals surface area contributed by atoms with Gasteiger partial charge in [0.1, 0.15) is 5.75 Å². The molecule has 0 aliphatic heterocycles. The van der Waals surface area contributed by atoms with Gasteiger partial charge >= 0.3 is 0 Å². The molecular weight excluding hydrogens is 474 g/mol. The van der Waals surface area contributed by atoms with Crippen LogP contribution in [0.25, 0.3) is 12.2 Å². The quantitative estimate of drug-likeness (QED) is 0.164. The van der Waals surface area contributed by atoms with Gasteiger partial charge in [0.15, 0.2) is 5.78 Å². The number of carbonyl (C=O) groups excluding carboxylic acids is 1. The van der Waals surface area contributed by atoms with Crippen molar-refractivity contribution in [3.05, 3.63) is 71.8 Å². The van der Waals surface area contributed by atoms with Gasteiger partial charge in [-0.15, -0.1) is 0 Å². The first-order valence-electron chi connectivity index (χ1n) is 12.1. The van der Waals surface area contributed by atoms with Crippen LogP contribution < -0.4 is 15.0 Å². The minimum Gasteiger partial charge on any atom is -0.494 e. The Kier molecular flexibility index (Phi) is 14.3. The lowest BCUT2D eigenvalue weighted by Gasteiger charge is -2.21. The highest BCUT2D eigenvalue weighted by Crippen LogP contribution is 2.15. The van der Waals surface area contributed by atoms with Crippen molar-refractivity contribution in [2.45, 2.75) is 6.42 Å². The molecule has 2 rings (SSSR count). The number of rotatable bonds is 17. The Morgan fingerprint density at radius 2 is 1.49 bits per heavy atom. The third-order valence-electron chi connectivity index (χ3n) is 5.37. The smallest absolute Gasteiger partial charge is 0.178 e. The van der Waals surface area contributed by atoms with Crippen LogP contribution in [0.3, 0.4) is 0 Å². The van der Waals surface area contributed by atoms with Gasteiger partial charge in [0, 0.05) is 64.0 Å². The summed E-state index contributed by atoms with van der Waals surface area (Å²) in [6.45, 7) is 5.53. The highest BCUT2D eigenvalue weighted by atomic mass is 32.1. The molecule has 0 unspecified atom stereocenters. The van der Waals surface area contributed by atoms with Crippen LogP contribution >= 0.6 is 25.3 Å². The van der Waals surface area contributed by atoms with Gasteiger partial charge in [0.25, 0.3) is 0 Å². The number of thiol groups is 2. The van der Waals surface area contributed by atoms with Gasteiger partial charge in [0.05, 0.1) is 6.61 Å². The number of nitrogens with one attached hydrogen (secondary N) is 1. The molecule has 0 aromatic heterocycles. The maximum atomic E-state index is 12.2. The molecule has 35 heavy (non-hydrogen) atoms. The van der Waals surface area contributed by atoms with Gasteiger partial charge in [-0.3, -0.25) is 4.79 Å². The third kappa shape index (κ3) is 12.4. The summed E-state index contributed by atoms with van der Waals surface area (Å²) in [6, 6.07) is 15.9. The van der Waals surface area contributed by atoms with E-state index in [4.69, 9.17) is 4.74 Å². The Morgan fingerprint density at radius 3 is 2.06 bits per heavy atom. The normalized spacial score (nSPS) is 11.6. The van der Waals surface area contributed by atoms with E-state index in [2.05, 4.69) is 35.5 Å². The molecule has 0 atom stereocenters. The fourth-order valence-corrected chi connectivity index (χ4v) is 3.81. The van der Waals surface area contributed by atoms with E-state index in [-0.39, 0.29) is 5.78 Å². The third-order valence-corrected chi connectivity index (χ3v) is 5.79. The zero-order valence-corrected chi connectivity index (χ0v) is 22.7. The van der Waals surface area contributed by atoms with E-state index < -0.39 is 0 Å². The predicted octanol–water partition coefficient (Wildman–Crippen LogP) is 4.57. The van der Waals surface area contributed by atoms with Crippen molar-refractivity contribution < 1.29 is 9.53 Å². The van der Waals surface area contributed by atoms with E-state index in [9.17, 15) is 4.79 Å². The molecule has 0 saturated carbocycles. The molecule has 0 fully saturated rings. The first kappa shape index (κ1) is 29.0. The number of carbonyl (C=O) groups is 1. The van der Waals surface area contributed by atoms with Crippen LogP contribution in [-0.2, 0) is 4.79 Å². The van der Waals surface area contributed by atoms with E-state index in [0.717, 1.165) is 73.2 Å². The van der Waals surface area contributed by atoms with E-state index >= 15 is 0 Å². The summed E-state index contributed by atoms with van der Waals surface area (Å²) < 4.78 is 5.89. The summed E-state index contributed by atoms with van der Waals surface area (Å²) in [5.41, 5.74) is 3.09. The van der Waals surface area contributed by atoms with Crippen LogP contribution in [0.4, 0.5) is 5.69 Å². The number of allylic oxidation sites excluding steroid dienone is 2. The molecule has 5 nitrogen and oxygen atoms in total. The molecule has 0 spiro atoms. The second-order valence-corrected chi connectivity index (χ2v) is 9.26. The largest absolute Gasteiger partial charge is 0.494 e. The summed E-state index contributed by atoms with van der Waals surface area (Å²) in [5.74, 6) is 2.50. The molecule has 2 aromatic carbocycles. The molecule has 1 N–H and O–H groups in total. The van der Waals surface area contributed by atoms with Crippen molar-refractivity contribution in [1.29, 1.82) is 0 Å². The van der Waals surface area contributed by atoms with Crippen LogP contribution in [0.5, 0.6) is 5.75 Å². The maximum Gasteiger partial charge on any atom is 0.178 e. The lowest BCUT2D eigenvalue weighted by Crippen LogP contribution is -2.35. The molecule has 190 valence electrons. The SMILES string of the molecule is CN(C)c1ccc(/C=C/C(=O)/C=C/c2ccc(OCCCN(CCS)CCNCCS)cc2)cc1. The topological polar surface area (TPSA) is 44.8 Å². The Labute approximate surface area is 222 Å². The average molecular weight is 514 g/mol. The minimum absolute atomic E-state index is 0.0476. The molecule has 0 aliphatic carbocycles. The average Bonchev–Trinajstić information content (AvgIpc) is 2.87. The van der Waals surface area contributed by atoms with Crippen LogP contribution in [0, 0.1) is 0 Å². The van der Waals surface area contributed by atoms with Gasteiger partial charge in [-0.05, 0) is 54.0 Å². The summed E-state index contributed by atoms with van der Waals surface area (Å²) >= 11 is 8.58. The Balaban J connectivity index is 1.72. The van der Waals surface area contributed by atoms with Crippen molar-refractivity contribution in [3.8, 4) is 5.75 Å². The zero-order chi connectivity index (χ0) is 25.3. The zero-order valence-electron chi connectivity index (χ0n) is 20.9. The van der Waals surface area contributed by atoms with Gasteiger partial charge in [-0.2, -0.15) is 25.3 Å². The number of hydrogen-bond donors (Lipinski definition) is 3. The summed E-state index contributed by atoms with van der Waals surface area (Å²) in [7, 11) is 4.01. The molecule has 7 heteroatoms. The number of benzene rings is 2. The van der Waals surface area contributed by atoms with Crippen LogP contribution in [-0.4, -0.2) is 75.6 Å². The van der Waals surface area contributed by atoms with Crippen molar-refractivity contribution >= 4 is 48.9 Å². The first-order chi connectivity index (χ1) is 17.0. The molecule has 0 heterocycles. The molecule has 0 bridgehead atoms. The molecule has 2 aromatic rings. The molecular formula is C28H39N3O2S2. The number of nitrogens with zero attached hydrogens (tertiary/aromatic N) is 2. The molecule has 0 aliphatic rings. The summed E-state index contributed by atoms with van der Waals surface area (Å²) in [4.78, 5) is 16.6. The first-order valence-corrected chi connectivity index (χ1v) is 13.3. The second kappa shape index (κ2) is 17.3. The van der Waals surface area contributed by atoms with Crippen molar-refractivity contribution in [1.82, 2.24) is 10.2 Å². The summed E-state index contributed by atoms with van der Waals surface area (Å²) in [5, 5.41) is 3.38. The standard InChI is InChI=1S/C28H39N3O2S2/c1-30(2)26-10-4-24(5-11-26)6-12-27(32)13-7-25-8-14-28(15-9-25)33-21-3-18-31(20-23-35)19-16-29-17-22-34/h4-15,29,34-35H,3,16-23H2,1-2H3/b12-6+,13-7+. The van der Waals surface area contributed by atoms with Crippen molar-refractivity contribution in [2.75, 3.05) is 69.8 Å². The van der Waals surface area contributed by atoms with Crippen molar-refractivity contribution in [3.63, 3.8) is 0 Å². The number of anilines is 1. The fraction of sp³-hybridized carbons (Fsp3) is 0.393. The number of ketones is 1. The fourth-order valence-electron chi connectivity index (χ4n) is 3.37. The van der Waals surface area contributed by atoms with Crippen LogP contribution in [0.2, 0.25) is 0 Å². The maximum absolute atomic E-state index is 12.2. The number of hydrogen-bond acceptors (Lipinski definition) is 7. The summed E-state index contributed by atoms with van der Waals surface area (Å²) in [6.07, 6.45) is 7.79. The lowest BCUT2D eigenvalue weighted by molar-refractivity contribution is -0.110. The molecule has 0 radical (unpaired) electrons. The van der Waals surface area contributed by atoms with E-state index in [1.807, 2.05) is 79.7 Å². The highest BCUT2D eigenvalue weighted by molar-refractivity contribution is 7.80. The Bertz CT molecular complexity index is 913. The molecule has 0 saturated heterocycles. The van der Waals surface area contributed by atoms with Gasteiger partial charge < -0.3 is 19.9 Å². The molecule has 0 amide bonds. The second-order valence-electron chi connectivity index (χ2n) is 8.36. The van der Waals surface area contributed by atoms with Gasteiger partial charge in [-0.25, -0.2) is 0 Å². The van der Waals surface area contributed by atoms with Gasteiger partial charge in [-0.1, -0.05) is 36.4 Å². The minimum atomic E-state index is -0.0476. The van der Waals surface area contributed by atoms with E-state index in [1.165, 1.54) is 0 Å². The van der Waals surface area contributed by atoms with Crippen molar-refractivity contribution in [2.24, 2.45) is 0 Å². The Morgan fingerprint density at radius 1 is 0.857 bits per heavy atom. The Hall–Kier alpha value is -2.19. The lowest BCUT2D eigenvalue weighted by atomic mass is 10.1. The highest BCUT2D eigenvalue weighted by Gasteiger charge is 2.04. The predicted molar refractivity (Wildman–Crippen MR) is 157 cm³/mol. The number of ether oxygens (including phenoxy) is 1. The van der Waals surface area contributed by atoms with Crippen LogP contribution in [0.1, 0.15) is 17.5 Å². The monoisotopic (exact) mass is 513 g/mol. The van der Waals surface area contributed by atoms with E-state index in [1.54, 1.807) is 12.2 Å².